The maximum absolute atomic E-state index is 5.81. The van der Waals surface area contributed by atoms with E-state index in [4.69, 9.17) is 19.7 Å². The molecule has 2 aromatic heterocycles. The predicted octanol–water partition coefficient (Wildman–Crippen LogP) is 2.15. The minimum absolute atomic E-state index is 0.190. The Morgan fingerprint density at radius 3 is 2.88 bits per heavy atom. The van der Waals surface area contributed by atoms with Gasteiger partial charge in [0.15, 0.2) is 0 Å². The Kier molecular flexibility index (Phi) is 4.76. The van der Waals surface area contributed by atoms with Crippen LogP contribution in [0, 0.1) is 6.92 Å². The van der Waals surface area contributed by atoms with Crippen LogP contribution in [0.3, 0.4) is 0 Å². The summed E-state index contributed by atoms with van der Waals surface area (Å²) in [5, 5.41) is 7.95. The highest BCUT2D eigenvalue weighted by Crippen LogP contribution is 2.31. The molecule has 0 radical (unpaired) electrons. The van der Waals surface area contributed by atoms with Gasteiger partial charge in [-0.25, -0.2) is 4.98 Å². The molecule has 0 aliphatic rings. The molecule has 0 amide bonds. The van der Waals surface area contributed by atoms with Crippen LogP contribution in [-0.2, 0) is 11.3 Å². The lowest BCUT2D eigenvalue weighted by Gasteiger charge is -2.13. The molecule has 0 fully saturated rings. The Balaban J connectivity index is 1.92. The molecule has 3 aromatic rings. The van der Waals surface area contributed by atoms with Gasteiger partial charge in [-0.3, -0.25) is 0 Å². The minimum atomic E-state index is 0.190. The summed E-state index contributed by atoms with van der Waals surface area (Å²) in [7, 11) is 1.63. The Labute approximate surface area is 139 Å². The molecular weight excluding hydrogens is 310 g/mol. The van der Waals surface area contributed by atoms with Gasteiger partial charge in [0.2, 0.25) is 5.95 Å². The molecule has 0 saturated carbocycles. The zero-order valence-electron chi connectivity index (χ0n) is 13.6. The summed E-state index contributed by atoms with van der Waals surface area (Å²) < 4.78 is 15.9. The molecule has 0 aliphatic heterocycles. The van der Waals surface area contributed by atoms with Crippen LogP contribution in [0.4, 0.5) is 11.8 Å². The number of aromatic nitrogens is 3. The number of hydrogen-bond acceptors (Lipinski definition) is 8. The topological polar surface area (TPSA) is 108 Å². The van der Waals surface area contributed by atoms with Gasteiger partial charge in [0.05, 0.1) is 24.1 Å². The first-order chi connectivity index (χ1) is 11.7. The van der Waals surface area contributed by atoms with E-state index in [0.29, 0.717) is 36.8 Å². The van der Waals surface area contributed by atoms with Crippen molar-refractivity contribution in [3.05, 3.63) is 35.7 Å². The zero-order valence-corrected chi connectivity index (χ0v) is 13.6. The highest BCUT2D eigenvalue weighted by molar-refractivity contribution is 5.95. The van der Waals surface area contributed by atoms with E-state index in [1.54, 1.807) is 7.11 Å². The van der Waals surface area contributed by atoms with E-state index < -0.39 is 0 Å². The van der Waals surface area contributed by atoms with Crippen molar-refractivity contribution < 1.29 is 14.0 Å². The van der Waals surface area contributed by atoms with E-state index in [0.717, 1.165) is 16.8 Å². The number of anilines is 2. The molecule has 8 nitrogen and oxygen atoms in total. The SMILES string of the molecule is COCCOc1cccc2nc(N)nc(NCc3cc(C)on3)c12. The number of nitrogens with one attached hydrogen (secondary N) is 1. The summed E-state index contributed by atoms with van der Waals surface area (Å²) in [6, 6.07) is 7.45. The van der Waals surface area contributed by atoms with E-state index in [9.17, 15) is 0 Å². The van der Waals surface area contributed by atoms with Crippen LogP contribution in [-0.4, -0.2) is 35.4 Å². The van der Waals surface area contributed by atoms with E-state index in [1.165, 1.54) is 0 Å². The Morgan fingerprint density at radius 1 is 1.25 bits per heavy atom. The molecule has 126 valence electrons. The standard InChI is InChI=1S/C16H19N5O3/c1-10-8-11(21-24-10)9-18-15-14-12(19-16(17)20-15)4-3-5-13(14)23-7-6-22-2/h3-5,8H,6-7,9H2,1-2H3,(H3,17,18,19,20). The molecule has 2 heterocycles. The van der Waals surface area contributed by atoms with E-state index in [2.05, 4.69) is 20.4 Å². The zero-order chi connectivity index (χ0) is 16.9. The van der Waals surface area contributed by atoms with Crippen molar-refractivity contribution >= 4 is 22.7 Å². The lowest BCUT2D eigenvalue weighted by atomic mass is 10.2. The summed E-state index contributed by atoms with van der Waals surface area (Å²) in [5.41, 5.74) is 7.29. The van der Waals surface area contributed by atoms with Crippen molar-refractivity contribution in [2.75, 3.05) is 31.4 Å². The Hall–Kier alpha value is -2.87. The van der Waals surface area contributed by atoms with Crippen molar-refractivity contribution in [1.29, 1.82) is 0 Å². The molecule has 0 atom stereocenters. The molecule has 0 unspecified atom stereocenters. The molecule has 0 spiro atoms. The number of hydrogen-bond donors (Lipinski definition) is 2. The second-order valence-corrected chi connectivity index (χ2v) is 5.20. The number of nitrogen functional groups attached to an aromatic ring is 1. The molecule has 0 saturated heterocycles. The number of rotatable bonds is 7. The molecule has 1 aromatic carbocycles. The van der Waals surface area contributed by atoms with Gasteiger partial charge < -0.3 is 25.0 Å². The minimum Gasteiger partial charge on any atom is -0.490 e. The summed E-state index contributed by atoms with van der Waals surface area (Å²) >= 11 is 0. The van der Waals surface area contributed by atoms with Crippen LogP contribution in [0.15, 0.2) is 28.8 Å². The van der Waals surface area contributed by atoms with Gasteiger partial charge in [0.25, 0.3) is 0 Å². The van der Waals surface area contributed by atoms with Gasteiger partial charge in [0.1, 0.15) is 29.6 Å². The summed E-state index contributed by atoms with van der Waals surface area (Å²) in [5.74, 6) is 2.20. The molecular formula is C16H19N5O3. The number of methoxy groups -OCH3 is 1. The molecule has 24 heavy (non-hydrogen) atoms. The average Bonchev–Trinajstić information content (AvgIpc) is 2.98. The first-order valence-corrected chi connectivity index (χ1v) is 7.51. The van der Waals surface area contributed by atoms with Crippen molar-refractivity contribution in [2.45, 2.75) is 13.5 Å². The normalized spacial score (nSPS) is 10.9. The van der Waals surface area contributed by atoms with Crippen LogP contribution in [0.2, 0.25) is 0 Å². The second-order valence-electron chi connectivity index (χ2n) is 5.20. The number of fused-ring (bicyclic) bond motifs is 1. The number of ether oxygens (including phenoxy) is 2. The number of benzene rings is 1. The Bertz CT molecular complexity index is 834. The third-order valence-electron chi connectivity index (χ3n) is 3.36. The van der Waals surface area contributed by atoms with Crippen LogP contribution >= 0.6 is 0 Å². The molecule has 3 N–H and O–H groups in total. The van der Waals surface area contributed by atoms with Crippen LogP contribution < -0.4 is 15.8 Å². The number of nitrogens with zero attached hydrogens (tertiary/aromatic N) is 3. The first kappa shape index (κ1) is 16.0. The fraction of sp³-hybridized carbons (Fsp3) is 0.312. The highest BCUT2D eigenvalue weighted by atomic mass is 16.5. The number of aryl methyl sites for hydroxylation is 1. The van der Waals surface area contributed by atoms with Gasteiger partial charge in [-0.1, -0.05) is 11.2 Å². The van der Waals surface area contributed by atoms with E-state index in [1.807, 2.05) is 31.2 Å². The first-order valence-electron chi connectivity index (χ1n) is 7.51. The van der Waals surface area contributed by atoms with Crippen molar-refractivity contribution in [1.82, 2.24) is 15.1 Å². The van der Waals surface area contributed by atoms with Gasteiger partial charge in [-0.15, -0.1) is 0 Å². The van der Waals surface area contributed by atoms with Crippen LogP contribution in [0.25, 0.3) is 10.9 Å². The molecule has 8 heteroatoms. The summed E-state index contributed by atoms with van der Waals surface area (Å²) in [6.45, 7) is 3.22. The van der Waals surface area contributed by atoms with Crippen LogP contribution in [0.5, 0.6) is 5.75 Å². The van der Waals surface area contributed by atoms with Gasteiger partial charge in [0, 0.05) is 13.2 Å². The van der Waals surface area contributed by atoms with Gasteiger partial charge in [-0.05, 0) is 19.1 Å². The average molecular weight is 329 g/mol. The third-order valence-corrected chi connectivity index (χ3v) is 3.36. The maximum Gasteiger partial charge on any atom is 0.222 e. The molecule has 0 bridgehead atoms. The predicted molar refractivity (Wildman–Crippen MR) is 89.9 cm³/mol. The molecule has 3 rings (SSSR count). The quantitative estimate of drug-likeness (QED) is 0.635. The largest absolute Gasteiger partial charge is 0.490 e. The lowest BCUT2D eigenvalue weighted by molar-refractivity contribution is 0.147. The third kappa shape index (κ3) is 3.54. The fourth-order valence-corrected chi connectivity index (χ4v) is 2.33. The van der Waals surface area contributed by atoms with Crippen molar-refractivity contribution in [2.24, 2.45) is 0 Å². The van der Waals surface area contributed by atoms with Gasteiger partial charge >= 0.3 is 0 Å². The van der Waals surface area contributed by atoms with E-state index >= 15 is 0 Å². The van der Waals surface area contributed by atoms with Crippen molar-refractivity contribution in [3.8, 4) is 5.75 Å². The fourth-order valence-electron chi connectivity index (χ4n) is 2.33. The molecule has 0 aliphatic carbocycles. The van der Waals surface area contributed by atoms with Gasteiger partial charge in [-0.2, -0.15) is 4.98 Å². The monoisotopic (exact) mass is 329 g/mol. The number of nitrogens with two attached hydrogens (primary N) is 1. The van der Waals surface area contributed by atoms with E-state index in [-0.39, 0.29) is 5.95 Å². The maximum atomic E-state index is 5.81. The lowest BCUT2D eigenvalue weighted by Crippen LogP contribution is -2.08. The highest BCUT2D eigenvalue weighted by Gasteiger charge is 2.12. The summed E-state index contributed by atoms with van der Waals surface area (Å²) in [4.78, 5) is 8.56. The smallest absolute Gasteiger partial charge is 0.222 e. The van der Waals surface area contributed by atoms with Crippen LogP contribution in [0.1, 0.15) is 11.5 Å². The summed E-state index contributed by atoms with van der Waals surface area (Å²) in [6.07, 6.45) is 0. The second kappa shape index (κ2) is 7.14. The Morgan fingerprint density at radius 2 is 2.12 bits per heavy atom. The van der Waals surface area contributed by atoms with Crippen molar-refractivity contribution in [3.63, 3.8) is 0 Å².